The van der Waals surface area contributed by atoms with Gasteiger partial charge in [-0.15, -0.1) is 0 Å². The summed E-state index contributed by atoms with van der Waals surface area (Å²) >= 11 is 12.2. The van der Waals surface area contributed by atoms with Crippen LogP contribution in [0.4, 0.5) is 11.4 Å². The molecule has 0 bridgehead atoms. The number of amides is 2. The van der Waals surface area contributed by atoms with E-state index in [1.165, 1.54) is 0 Å². The van der Waals surface area contributed by atoms with Gasteiger partial charge < -0.3 is 10.2 Å². The Hall–Kier alpha value is -2.28. The number of fused-ring (bicyclic) bond motifs is 1. The zero-order chi connectivity index (χ0) is 18.0. The smallest absolute Gasteiger partial charge is 0.274 e. The van der Waals surface area contributed by atoms with E-state index in [-0.39, 0.29) is 5.91 Å². The quantitative estimate of drug-likeness (QED) is 0.563. The number of nitrogens with zero attached hydrogens (tertiary/aromatic N) is 1. The Kier molecular flexibility index (Phi) is 5.13. The largest absolute Gasteiger partial charge is 0.365 e. The Balaban J connectivity index is 1.88. The highest BCUT2D eigenvalue weighted by Gasteiger charge is 2.21. The molecule has 0 unspecified atom stereocenters. The number of hydrogen-bond donors (Lipinski definition) is 3. The Morgan fingerprint density at radius 2 is 1.88 bits per heavy atom. The lowest BCUT2D eigenvalue weighted by atomic mass is 10.1. The van der Waals surface area contributed by atoms with E-state index in [9.17, 15) is 9.59 Å². The third-order valence-corrected chi connectivity index (χ3v) is 4.68. The van der Waals surface area contributed by atoms with Crippen molar-refractivity contribution >= 4 is 46.4 Å². The molecule has 25 heavy (non-hydrogen) atoms. The molecule has 6 nitrogen and oxygen atoms in total. The molecule has 0 atom stereocenters. The summed E-state index contributed by atoms with van der Waals surface area (Å²) in [5.41, 5.74) is 4.31. The number of carbonyl (C=O) groups excluding carboxylic acids is 2. The Morgan fingerprint density at radius 1 is 1.20 bits per heavy atom. The van der Waals surface area contributed by atoms with Gasteiger partial charge in [0.2, 0.25) is 5.91 Å². The van der Waals surface area contributed by atoms with Crippen LogP contribution in [-0.2, 0) is 11.3 Å². The number of hydrogen-bond acceptors (Lipinski definition) is 4. The molecule has 1 aliphatic rings. The molecule has 0 spiro atoms. The van der Waals surface area contributed by atoms with Gasteiger partial charge in [-0.3, -0.25) is 14.8 Å². The lowest BCUT2D eigenvalue weighted by Crippen LogP contribution is -2.24. The van der Waals surface area contributed by atoms with Gasteiger partial charge in [-0.2, -0.15) is 0 Å². The SMILES string of the molecule is O=C1CCN(Cc2ccc(C(=O)NO)cc2)c2cc(Cl)c(Cl)cc2N1. The molecule has 0 fully saturated rings. The van der Waals surface area contributed by atoms with Gasteiger partial charge >= 0.3 is 0 Å². The minimum atomic E-state index is -0.567. The summed E-state index contributed by atoms with van der Waals surface area (Å²) in [6, 6.07) is 10.2. The van der Waals surface area contributed by atoms with Crippen LogP contribution in [0.1, 0.15) is 22.3 Å². The molecule has 0 saturated heterocycles. The van der Waals surface area contributed by atoms with Gasteiger partial charge in [0.25, 0.3) is 5.91 Å². The molecule has 2 aromatic rings. The van der Waals surface area contributed by atoms with Crippen molar-refractivity contribution in [3.63, 3.8) is 0 Å². The van der Waals surface area contributed by atoms with Crippen molar-refractivity contribution in [2.24, 2.45) is 0 Å². The zero-order valence-corrected chi connectivity index (χ0v) is 14.6. The molecular formula is C17H15Cl2N3O3. The highest BCUT2D eigenvalue weighted by molar-refractivity contribution is 6.42. The van der Waals surface area contributed by atoms with Gasteiger partial charge in [0.1, 0.15) is 0 Å². The summed E-state index contributed by atoms with van der Waals surface area (Å²) in [7, 11) is 0. The van der Waals surface area contributed by atoms with Crippen molar-refractivity contribution in [3.05, 3.63) is 57.6 Å². The first-order valence-corrected chi connectivity index (χ1v) is 8.30. The van der Waals surface area contributed by atoms with E-state index in [0.717, 1.165) is 11.3 Å². The third kappa shape index (κ3) is 3.87. The summed E-state index contributed by atoms with van der Waals surface area (Å²) in [6.07, 6.45) is 0.342. The zero-order valence-electron chi connectivity index (χ0n) is 13.1. The van der Waals surface area contributed by atoms with Crippen LogP contribution in [0.25, 0.3) is 0 Å². The summed E-state index contributed by atoms with van der Waals surface area (Å²) < 4.78 is 0. The topological polar surface area (TPSA) is 81.7 Å². The van der Waals surface area contributed by atoms with E-state index in [1.54, 1.807) is 41.9 Å². The summed E-state index contributed by atoms with van der Waals surface area (Å²) in [5.74, 6) is -0.653. The number of carbonyl (C=O) groups is 2. The van der Waals surface area contributed by atoms with Crippen LogP contribution in [-0.4, -0.2) is 23.6 Å². The summed E-state index contributed by atoms with van der Waals surface area (Å²) in [4.78, 5) is 25.3. The van der Waals surface area contributed by atoms with Crippen LogP contribution in [0.2, 0.25) is 10.0 Å². The normalized spacial score (nSPS) is 13.7. The molecular weight excluding hydrogens is 365 g/mol. The van der Waals surface area contributed by atoms with Gasteiger partial charge in [0.15, 0.2) is 0 Å². The molecule has 2 aromatic carbocycles. The van der Waals surface area contributed by atoms with Crippen molar-refractivity contribution in [2.45, 2.75) is 13.0 Å². The van der Waals surface area contributed by atoms with Crippen molar-refractivity contribution in [2.75, 3.05) is 16.8 Å². The van der Waals surface area contributed by atoms with Gasteiger partial charge in [-0.05, 0) is 29.8 Å². The average Bonchev–Trinajstić information content (AvgIpc) is 2.75. The standard InChI is InChI=1S/C17H15Cl2N3O3/c18-12-7-14-15(8-13(12)19)22(6-5-16(23)20-14)9-10-1-3-11(4-2-10)17(24)21-25/h1-4,7-8,25H,5-6,9H2,(H,20,23)(H,21,24). The second kappa shape index (κ2) is 7.31. The van der Waals surface area contributed by atoms with E-state index < -0.39 is 5.91 Å². The maximum Gasteiger partial charge on any atom is 0.274 e. The van der Waals surface area contributed by atoms with Gasteiger partial charge in [0, 0.05) is 25.1 Å². The minimum absolute atomic E-state index is 0.0860. The maximum atomic E-state index is 11.9. The first kappa shape index (κ1) is 17.5. The monoisotopic (exact) mass is 379 g/mol. The van der Waals surface area contributed by atoms with Gasteiger partial charge in [-0.1, -0.05) is 35.3 Å². The lowest BCUT2D eigenvalue weighted by molar-refractivity contribution is -0.115. The predicted octanol–water partition coefficient (Wildman–Crippen LogP) is 3.46. The van der Waals surface area contributed by atoms with E-state index in [2.05, 4.69) is 5.32 Å². The van der Waals surface area contributed by atoms with Gasteiger partial charge in [0.05, 0.1) is 21.4 Å². The average molecular weight is 380 g/mol. The van der Waals surface area contributed by atoms with E-state index >= 15 is 0 Å². The van der Waals surface area contributed by atoms with Crippen molar-refractivity contribution in [1.82, 2.24) is 5.48 Å². The first-order chi connectivity index (χ1) is 12.0. The van der Waals surface area contributed by atoms with Crippen molar-refractivity contribution in [3.8, 4) is 0 Å². The molecule has 3 rings (SSSR count). The predicted molar refractivity (Wildman–Crippen MR) is 96.5 cm³/mol. The van der Waals surface area contributed by atoms with Crippen LogP contribution < -0.4 is 15.7 Å². The molecule has 2 amide bonds. The molecule has 0 saturated carbocycles. The molecule has 8 heteroatoms. The number of halogens is 2. The number of benzene rings is 2. The van der Waals surface area contributed by atoms with Crippen LogP contribution in [0.5, 0.6) is 0 Å². The van der Waals surface area contributed by atoms with E-state index in [1.807, 2.05) is 4.90 Å². The fourth-order valence-electron chi connectivity index (χ4n) is 2.68. The molecule has 0 radical (unpaired) electrons. The first-order valence-electron chi connectivity index (χ1n) is 7.55. The minimum Gasteiger partial charge on any atom is -0.365 e. The fourth-order valence-corrected chi connectivity index (χ4v) is 3.00. The highest BCUT2D eigenvalue weighted by Crippen LogP contribution is 2.37. The van der Waals surface area contributed by atoms with E-state index in [0.29, 0.717) is 40.8 Å². The summed E-state index contributed by atoms with van der Waals surface area (Å²) in [6.45, 7) is 1.05. The number of anilines is 2. The maximum absolute atomic E-state index is 11.9. The molecule has 1 aliphatic heterocycles. The van der Waals surface area contributed by atoms with Gasteiger partial charge in [-0.25, -0.2) is 5.48 Å². The molecule has 3 N–H and O–H groups in total. The number of rotatable bonds is 3. The Labute approximate surface area is 154 Å². The third-order valence-electron chi connectivity index (χ3n) is 3.95. The van der Waals surface area contributed by atoms with Crippen LogP contribution in [0.15, 0.2) is 36.4 Å². The fraction of sp³-hybridized carbons (Fsp3) is 0.176. The number of hydroxylamine groups is 1. The number of nitrogens with one attached hydrogen (secondary N) is 2. The second-order valence-electron chi connectivity index (χ2n) is 5.64. The Morgan fingerprint density at radius 3 is 2.56 bits per heavy atom. The molecule has 1 heterocycles. The molecule has 0 aliphatic carbocycles. The van der Waals surface area contributed by atoms with Crippen LogP contribution in [0.3, 0.4) is 0 Å². The molecule has 0 aromatic heterocycles. The van der Waals surface area contributed by atoms with E-state index in [4.69, 9.17) is 28.4 Å². The van der Waals surface area contributed by atoms with Crippen molar-refractivity contribution in [1.29, 1.82) is 0 Å². The second-order valence-corrected chi connectivity index (χ2v) is 6.46. The van der Waals surface area contributed by atoms with Crippen molar-refractivity contribution < 1.29 is 14.8 Å². The van der Waals surface area contributed by atoms with Crippen LogP contribution in [0, 0.1) is 0 Å². The lowest BCUT2D eigenvalue weighted by Gasteiger charge is -2.25. The Bertz CT molecular complexity index is 825. The highest BCUT2D eigenvalue weighted by atomic mass is 35.5. The molecule has 130 valence electrons. The van der Waals surface area contributed by atoms with Crippen LogP contribution >= 0.6 is 23.2 Å². The summed E-state index contributed by atoms with van der Waals surface area (Å²) in [5, 5.41) is 12.3.